The van der Waals surface area contributed by atoms with Gasteiger partial charge < -0.3 is 28.7 Å². The first-order valence-electron chi connectivity index (χ1n) is 39.8. The van der Waals surface area contributed by atoms with Crippen LogP contribution in [0.2, 0.25) is 0 Å². The molecule has 6 nitrogen and oxygen atoms in total. The minimum absolute atomic E-state index is 1.18. The lowest BCUT2D eigenvalue weighted by Crippen LogP contribution is -1.96. The molecule has 9 aromatic heterocycles. The normalized spacial score (nSPS) is 12.1. The number of H-pyrrole nitrogens is 3. The van der Waals surface area contributed by atoms with Gasteiger partial charge in [0.2, 0.25) is 0 Å². The zero-order valence-electron chi connectivity index (χ0n) is 62.9. The van der Waals surface area contributed by atoms with Gasteiger partial charge in [0.05, 0.1) is 38.8 Å². The molecule has 0 aliphatic carbocycles. The number of para-hydroxylation sites is 8. The van der Waals surface area contributed by atoms with E-state index in [1.807, 2.05) is 34.0 Å². The number of nitrogens with one attached hydrogen (secondary N) is 3. The Morgan fingerprint density at radius 2 is 0.547 bits per heavy atom. The van der Waals surface area contributed by atoms with E-state index in [1.165, 1.54) is 242 Å². The summed E-state index contributed by atoms with van der Waals surface area (Å²) in [7, 11) is 0. The predicted molar refractivity (Wildman–Crippen MR) is 505 cm³/mol. The monoisotopic (exact) mass is 1540 g/mol. The summed E-state index contributed by atoms with van der Waals surface area (Å²) in [5.41, 5.74) is 25.6. The van der Waals surface area contributed by atoms with E-state index in [0.717, 1.165) is 0 Å². The zero-order valence-corrected chi connectivity index (χ0v) is 65.4. The number of aromatic amines is 3. The highest BCUT2D eigenvalue weighted by Crippen LogP contribution is 2.51. The molecule has 27 rings (SSSR count). The van der Waals surface area contributed by atoms with Crippen molar-refractivity contribution in [2.75, 3.05) is 0 Å². The van der Waals surface area contributed by atoms with E-state index in [-0.39, 0.29) is 0 Å². The minimum atomic E-state index is 1.18. The maximum Gasteiger partial charge on any atom is 0.0555 e. The lowest BCUT2D eigenvalue weighted by atomic mass is 9.94. The Balaban J connectivity index is 0.0000000992. The number of hydrogen-bond acceptors (Lipinski definition) is 3. The van der Waals surface area contributed by atoms with Crippen molar-refractivity contribution >= 4 is 225 Å². The van der Waals surface area contributed by atoms with Gasteiger partial charge in [-0.15, -0.1) is 34.0 Å². The van der Waals surface area contributed by atoms with E-state index in [1.54, 1.807) is 0 Å². The predicted octanol–water partition coefficient (Wildman–Crippen LogP) is 31.4. The maximum atomic E-state index is 3.73. The van der Waals surface area contributed by atoms with Crippen LogP contribution in [0.5, 0.6) is 0 Å². The average molecular weight is 1540 g/mol. The fourth-order valence-corrected chi connectivity index (χ4v) is 22.6. The highest BCUT2D eigenvalue weighted by Gasteiger charge is 2.25. The van der Waals surface area contributed by atoms with Crippen molar-refractivity contribution in [3.63, 3.8) is 0 Å². The molecule has 0 radical (unpaired) electrons. The van der Waals surface area contributed by atoms with Crippen LogP contribution in [-0.2, 0) is 0 Å². The largest absolute Gasteiger partial charge is 0.354 e. The number of hydrogen-bond donors (Lipinski definition) is 3. The Hall–Kier alpha value is -14.6. The molecule has 546 valence electrons. The summed E-state index contributed by atoms with van der Waals surface area (Å²) in [5, 5.41) is 23.4. The molecule has 0 bridgehead atoms. The summed E-state index contributed by atoms with van der Waals surface area (Å²) in [6, 6.07) is 139. The van der Waals surface area contributed by atoms with E-state index < -0.39 is 0 Å². The summed E-state index contributed by atoms with van der Waals surface area (Å²) in [4.78, 5) is 10.9. The lowest BCUT2D eigenvalue weighted by molar-refractivity contribution is 1.18. The molecule has 9 heterocycles. The molecule has 18 aromatic carbocycles. The molecule has 3 N–H and O–H groups in total. The molecule has 9 heteroatoms. The third-order valence-corrected chi connectivity index (χ3v) is 27.6. The van der Waals surface area contributed by atoms with Crippen LogP contribution >= 0.6 is 34.0 Å². The van der Waals surface area contributed by atoms with Gasteiger partial charge in [-0.3, -0.25) is 0 Å². The first-order valence-corrected chi connectivity index (χ1v) is 42.3. The second kappa shape index (κ2) is 26.0. The lowest BCUT2D eigenvalue weighted by Gasteiger charge is -2.14. The van der Waals surface area contributed by atoms with Crippen molar-refractivity contribution in [3.05, 3.63) is 382 Å². The average Bonchev–Trinajstić information content (AvgIpc) is 1.57. The fourth-order valence-electron chi connectivity index (χ4n) is 19.2. The smallest absolute Gasteiger partial charge is 0.0555 e. The second-order valence-electron chi connectivity index (χ2n) is 30.8. The molecule has 0 saturated heterocycles. The molecule has 0 atom stereocenters. The van der Waals surface area contributed by atoms with Gasteiger partial charge in [-0.2, -0.15) is 0 Å². The van der Waals surface area contributed by atoms with Gasteiger partial charge in [0, 0.05) is 181 Å². The molecule has 0 fully saturated rings. The third kappa shape index (κ3) is 10.3. The molecule has 0 unspecified atom stereocenters. The Kier molecular flexibility index (Phi) is 14.6. The van der Waals surface area contributed by atoms with Crippen LogP contribution in [-0.4, -0.2) is 28.7 Å². The Morgan fingerprint density at radius 3 is 1.11 bits per heavy atom. The third-order valence-electron chi connectivity index (χ3n) is 24.3. The summed E-state index contributed by atoms with van der Waals surface area (Å²) in [6.07, 6.45) is 0. The summed E-state index contributed by atoms with van der Waals surface area (Å²) < 4.78 is 15.2. The van der Waals surface area contributed by atoms with Crippen molar-refractivity contribution in [2.45, 2.75) is 0 Å². The second-order valence-corrected chi connectivity index (χ2v) is 34.1. The molecule has 0 aliphatic heterocycles. The standard InChI is InChI=1S/C42H26N2S.C36H22N2S.C30H18N2S/c1-3-13-26(14-4-1)28-17-8-11-21-35(28)44-36-22-12-9-18-29(36)31-23-32-38(25-37(31)44)45-39-24-34-41(30-19-7-10-20-33(30)43-34)40(42(32)39)27-15-5-2-6-16-27;1-2-9-22(10-3-1)23-11-8-12-24(17-23)38-33-16-7-5-14-26(33)28-19-30-29-18-27-25-13-4-6-15-31(25)37-32(27)20-35(29)39-36(30)21-34(28)38;1-2-8-18(9-3-1)32-27-13-7-5-11-20(27)22-15-24-23-14-21-19-10-4-6-12-25(19)31-26(21)16-29(23)33-30(24)17-28(22)32/h1-25,43H;1-21,37H;1-17,31H. The van der Waals surface area contributed by atoms with Crippen molar-refractivity contribution < 1.29 is 0 Å². The van der Waals surface area contributed by atoms with Crippen LogP contribution in [0.15, 0.2) is 382 Å². The number of thiophene rings is 3. The summed E-state index contributed by atoms with van der Waals surface area (Å²) >= 11 is 5.65. The summed E-state index contributed by atoms with van der Waals surface area (Å²) in [5.74, 6) is 0. The van der Waals surface area contributed by atoms with E-state index in [0.29, 0.717) is 0 Å². The summed E-state index contributed by atoms with van der Waals surface area (Å²) in [6.45, 7) is 0. The quantitative estimate of drug-likeness (QED) is 0.149. The van der Waals surface area contributed by atoms with Gasteiger partial charge >= 0.3 is 0 Å². The van der Waals surface area contributed by atoms with Gasteiger partial charge in [0.1, 0.15) is 0 Å². The van der Waals surface area contributed by atoms with E-state index in [9.17, 15) is 0 Å². The van der Waals surface area contributed by atoms with Crippen LogP contribution in [0.4, 0.5) is 0 Å². The minimum Gasteiger partial charge on any atom is -0.354 e. The first kappa shape index (κ1) is 65.9. The van der Waals surface area contributed by atoms with Gasteiger partial charge in [0.15, 0.2) is 0 Å². The van der Waals surface area contributed by atoms with Crippen molar-refractivity contribution in [1.82, 2.24) is 28.7 Å². The molecular formula is C108H66N6S3. The molecular weight excluding hydrogens is 1480 g/mol. The first-order chi connectivity index (χ1) is 58.0. The highest BCUT2D eigenvalue weighted by atomic mass is 32.1. The Bertz CT molecular complexity index is 8760. The topological polar surface area (TPSA) is 62.2 Å². The van der Waals surface area contributed by atoms with Gasteiger partial charge in [-0.05, 0) is 156 Å². The van der Waals surface area contributed by atoms with Crippen molar-refractivity contribution in [2.24, 2.45) is 0 Å². The molecule has 117 heavy (non-hydrogen) atoms. The highest BCUT2D eigenvalue weighted by molar-refractivity contribution is 7.27. The molecule has 0 aliphatic rings. The fraction of sp³-hybridized carbons (Fsp3) is 0. The van der Waals surface area contributed by atoms with Crippen LogP contribution < -0.4 is 0 Å². The Labute approximate surface area is 681 Å². The number of rotatable bonds is 6. The van der Waals surface area contributed by atoms with E-state index >= 15 is 0 Å². The molecule has 0 amide bonds. The number of fused-ring (bicyclic) bond motifs is 27. The van der Waals surface area contributed by atoms with Gasteiger partial charge in [0.25, 0.3) is 0 Å². The molecule has 0 saturated carbocycles. The van der Waals surface area contributed by atoms with Crippen LogP contribution in [0.1, 0.15) is 0 Å². The SMILES string of the molecule is c1ccc(-c2cccc(-n3c4ccccc4c4cc5c(cc43)sc3cc4[nH]c6ccccc6c4cc35)c2)cc1.c1ccc(-c2ccccc2-n2c3ccccc3c3cc4c(cc32)sc2cc3[nH]c5ccccc5c3c(-c3ccccc3)c24)cc1.c1ccc(-n2c3ccccc3c3cc4c(cc32)sc2cc3[nH]c5ccccc5c3cc24)cc1. The van der Waals surface area contributed by atoms with Crippen LogP contribution in [0.25, 0.3) is 242 Å². The maximum absolute atomic E-state index is 3.73. The number of nitrogens with zero attached hydrogens (tertiary/aromatic N) is 3. The van der Waals surface area contributed by atoms with Crippen molar-refractivity contribution in [1.29, 1.82) is 0 Å². The van der Waals surface area contributed by atoms with Crippen LogP contribution in [0, 0.1) is 0 Å². The number of aromatic nitrogens is 6. The van der Waals surface area contributed by atoms with Crippen molar-refractivity contribution in [3.8, 4) is 50.4 Å². The van der Waals surface area contributed by atoms with E-state index in [4.69, 9.17) is 0 Å². The van der Waals surface area contributed by atoms with Gasteiger partial charge in [-0.25, -0.2) is 0 Å². The molecule has 0 spiro atoms. The van der Waals surface area contributed by atoms with Crippen LogP contribution in [0.3, 0.4) is 0 Å². The van der Waals surface area contributed by atoms with Gasteiger partial charge in [-0.1, -0.05) is 249 Å². The molecule has 27 aromatic rings. The number of benzene rings is 18. The van der Waals surface area contributed by atoms with E-state index in [2.05, 4.69) is 411 Å². The Morgan fingerprint density at radius 1 is 0.179 bits per heavy atom. The zero-order chi connectivity index (χ0) is 76.5.